The maximum atomic E-state index is 9.05. The summed E-state index contributed by atoms with van der Waals surface area (Å²) in [5.74, 6) is 1.31. The van der Waals surface area contributed by atoms with Gasteiger partial charge in [-0.25, -0.2) is 9.97 Å². The van der Waals surface area contributed by atoms with Gasteiger partial charge < -0.3 is 16.4 Å². The predicted molar refractivity (Wildman–Crippen MR) is 78.6 cm³/mol. The summed E-state index contributed by atoms with van der Waals surface area (Å²) < 4.78 is 0. The van der Waals surface area contributed by atoms with Crippen LogP contribution in [0.25, 0.3) is 0 Å². The van der Waals surface area contributed by atoms with Gasteiger partial charge in [-0.05, 0) is 19.1 Å². The highest BCUT2D eigenvalue weighted by Gasteiger charge is 2.03. The first-order valence-corrected chi connectivity index (χ1v) is 6.26. The first-order valence-electron chi connectivity index (χ1n) is 6.26. The fourth-order valence-electron chi connectivity index (χ4n) is 1.62. The van der Waals surface area contributed by atoms with Gasteiger partial charge in [0.1, 0.15) is 24.0 Å². The van der Waals surface area contributed by atoms with Gasteiger partial charge in [0.2, 0.25) is 0 Å². The molecule has 6 nitrogen and oxygen atoms in total. The van der Waals surface area contributed by atoms with E-state index in [4.69, 9.17) is 11.0 Å². The van der Waals surface area contributed by atoms with Crippen molar-refractivity contribution in [1.29, 1.82) is 5.26 Å². The maximum Gasteiger partial charge on any atom is 0.135 e. The molecule has 0 aliphatic carbocycles. The fourth-order valence-corrected chi connectivity index (χ4v) is 1.62. The first kappa shape index (κ1) is 13.8. The van der Waals surface area contributed by atoms with Gasteiger partial charge in [0, 0.05) is 18.7 Å². The van der Waals surface area contributed by atoms with Crippen LogP contribution in [0.1, 0.15) is 12.5 Å². The van der Waals surface area contributed by atoms with E-state index in [0.29, 0.717) is 29.4 Å². The summed E-state index contributed by atoms with van der Waals surface area (Å²) in [5, 5.41) is 15.3. The van der Waals surface area contributed by atoms with E-state index in [9.17, 15) is 0 Å². The van der Waals surface area contributed by atoms with Crippen LogP contribution in [0, 0.1) is 11.3 Å². The quantitative estimate of drug-likeness (QED) is 0.765. The lowest BCUT2D eigenvalue weighted by Crippen LogP contribution is -2.25. The Kier molecular flexibility index (Phi) is 4.47. The number of hydrogen-bond donors (Lipinski definition) is 3. The molecule has 20 heavy (non-hydrogen) atoms. The summed E-state index contributed by atoms with van der Waals surface area (Å²) in [6.07, 6.45) is 1.46. The van der Waals surface area contributed by atoms with Crippen LogP contribution in [-0.2, 0) is 0 Å². The number of nitriles is 1. The second-order valence-corrected chi connectivity index (χ2v) is 4.43. The van der Waals surface area contributed by atoms with Crippen LogP contribution in [0.4, 0.5) is 17.3 Å². The molecule has 1 heterocycles. The molecule has 0 aliphatic rings. The third kappa shape index (κ3) is 3.67. The topological polar surface area (TPSA) is 99.7 Å². The van der Waals surface area contributed by atoms with Crippen LogP contribution in [-0.4, -0.2) is 22.6 Å². The molecular weight excluding hydrogens is 252 g/mol. The summed E-state index contributed by atoms with van der Waals surface area (Å²) in [6.45, 7) is 2.54. The van der Waals surface area contributed by atoms with Crippen LogP contribution in [0.5, 0.6) is 0 Å². The van der Waals surface area contributed by atoms with Crippen molar-refractivity contribution in [2.45, 2.75) is 13.0 Å². The van der Waals surface area contributed by atoms with Crippen molar-refractivity contribution >= 4 is 17.3 Å². The van der Waals surface area contributed by atoms with Crippen molar-refractivity contribution in [2.24, 2.45) is 5.73 Å². The van der Waals surface area contributed by atoms with E-state index in [0.717, 1.165) is 0 Å². The molecule has 4 N–H and O–H groups in total. The molecule has 2 aromatic rings. The number of nitrogens with zero attached hydrogens (tertiary/aromatic N) is 3. The van der Waals surface area contributed by atoms with E-state index in [1.54, 1.807) is 12.1 Å². The largest absolute Gasteiger partial charge is 0.368 e. The normalized spacial score (nSPS) is 11.4. The van der Waals surface area contributed by atoms with E-state index in [2.05, 4.69) is 26.7 Å². The minimum atomic E-state index is 0.0423. The minimum Gasteiger partial charge on any atom is -0.368 e. The molecule has 0 aliphatic heterocycles. The molecule has 0 saturated carbocycles. The third-order valence-electron chi connectivity index (χ3n) is 2.58. The van der Waals surface area contributed by atoms with E-state index < -0.39 is 0 Å². The SMILES string of the molecule is CC(N)CNc1cc(Nc2ccccc2C#N)ncn1. The van der Waals surface area contributed by atoms with Gasteiger partial charge in [-0.1, -0.05) is 12.1 Å². The zero-order chi connectivity index (χ0) is 14.4. The number of nitrogens with two attached hydrogens (primary N) is 1. The van der Waals surface area contributed by atoms with Crippen molar-refractivity contribution in [3.05, 3.63) is 42.2 Å². The molecular formula is C14H16N6. The lowest BCUT2D eigenvalue weighted by Gasteiger charge is -2.10. The number of benzene rings is 1. The van der Waals surface area contributed by atoms with Crippen LogP contribution in [0.15, 0.2) is 36.7 Å². The number of anilines is 3. The molecule has 0 saturated heterocycles. The summed E-state index contributed by atoms with van der Waals surface area (Å²) in [7, 11) is 0. The minimum absolute atomic E-state index is 0.0423. The Balaban J connectivity index is 2.14. The second kappa shape index (κ2) is 6.50. The molecule has 0 radical (unpaired) electrons. The van der Waals surface area contributed by atoms with Crippen molar-refractivity contribution in [3.8, 4) is 6.07 Å². The van der Waals surface area contributed by atoms with Crippen molar-refractivity contribution in [2.75, 3.05) is 17.2 Å². The Bertz CT molecular complexity index is 617. The molecule has 0 spiro atoms. The van der Waals surface area contributed by atoms with E-state index in [-0.39, 0.29) is 6.04 Å². The molecule has 1 aromatic carbocycles. The van der Waals surface area contributed by atoms with Gasteiger partial charge in [-0.15, -0.1) is 0 Å². The zero-order valence-corrected chi connectivity index (χ0v) is 11.2. The molecule has 0 amide bonds. The van der Waals surface area contributed by atoms with Gasteiger partial charge >= 0.3 is 0 Å². The lowest BCUT2D eigenvalue weighted by atomic mass is 10.2. The summed E-state index contributed by atoms with van der Waals surface area (Å²) in [6, 6.07) is 11.2. The average molecular weight is 268 g/mol. The Hall–Kier alpha value is -2.65. The maximum absolute atomic E-state index is 9.05. The average Bonchev–Trinajstić information content (AvgIpc) is 2.46. The molecule has 1 unspecified atom stereocenters. The highest BCUT2D eigenvalue weighted by molar-refractivity contribution is 5.65. The third-order valence-corrected chi connectivity index (χ3v) is 2.58. The summed E-state index contributed by atoms with van der Waals surface area (Å²) in [4.78, 5) is 8.25. The summed E-state index contributed by atoms with van der Waals surface area (Å²) in [5.41, 5.74) is 6.96. The number of rotatable bonds is 5. The smallest absolute Gasteiger partial charge is 0.135 e. The fraction of sp³-hybridized carbons (Fsp3) is 0.214. The highest BCUT2D eigenvalue weighted by atomic mass is 15.1. The van der Waals surface area contributed by atoms with Crippen LogP contribution in [0.2, 0.25) is 0 Å². The number of nitrogens with one attached hydrogen (secondary N) is 2. The lowest BCUT2D eigenvalue weighted by molar-refractivity contribution is 0.777. The number of para-hydroxylation sites is 1. The second-order valence-electron chi connectivity index (χ2n) is 4.43. The molecule has 6 heteroatoms. The molecule has 102 valence electrons. The standard InChI is InChI=1S/C14H16N6/c1-10(16)8-17-13-6-14(19-9-18-13)20-12-5-3-2-4-11(12)7-15/h2-6,9-10H,8,16H2,1H3,(H2,17,18,19,20). The van der Waals surface area contributed by atoms with E-state index >= 15 is 0 Å². The van der Waals surface area contributed by atoms with Gasteiger partial charge in [0.15, 0.2) is 0 Å². The Labute approximate surface area is 117 Å². The summed E-state index contributed by atoms with van der Waals surface area (Å²) >= 11 is 0. The first-order chi connectivity index (χ1) is 9.69. The molecule has 0 bridgehead atoms. The van der Waals surface area contributed by atoms with Gasteiger partial charge in [0.05, 0.1) is 11.3 Å². The Morgan fingerprint density at radius 2 is 2.05 bits per heavy atom. The van der Waals surface area contributed by atoms with Crippen LogP contribution >= 0.6 is 0 Å². The zero-order valence-electron chi connectivity index (χ0n) is 11.2. The van der Waals surface area contributed by atoms with Gasteiger partial charge in [-0.2, -0.15) is 5.26 Å². The molecule has 1 aromatic heterocycles. The van der Waals surface area contributed by atoms with Gasteiger partial charge in [-0.3, -0.25) is 0 Å². The van der Waals surface area contributed by atoms with Crippen molar-refractivity contribution < 1.29 is 0 Å². The number of aromatic nitrogens is 2. The monoisotopic (exact) mass is 268 g/mol. The molecule has 2 rings (SSSR count). The Morgan fingerprint density at radius 1 is 1.30 bits per heavy atom. The van der Waals surface area contributed by atoms with Crippen molar-refractivity contribution in [1.82, 2.24) is 9.97 Å². The molecule has 1 atom stereocenters. The van der Waals surface area contributed by atoms with Crippen LogP contribution < -0.4 is 16.4 Å². The predicted octanol–water partition coefficient (Wildman–Crippen LogP) is 1.85. The number of hydrogen-bond acceptors (Lipinski definition) is 6. The van der Waals surface area contributed by atoms with Gasteiger partial charge in [0.25, 0.3) is 0 Å². The molecule has 0 fully saturated rings. The van der Waals surface area contributed by atoms with E-state index in [1.807, 2.05) is 25.1 Å². The Morgan fingerprint density at radius 3 is 2.80 bits per heavy atom. The highest BCUT2D eigenvalue weighted by Crippen LogP contribution is 2.19. The van der Waals surface area contributed by atoms with Crippen molar-refractivity contribution in [3.63, 3.8) is 0 Å². The van der Waals surface area contributed by atoms with E-state index in [1.165, 1.54) is 6.33 Å². The van der Waals surface area contributed by atoms with Crippen LogP contribution in [0.3, 0.4) is 0 Å².